The minimum absolute atomic E-state index is 0.0939. The van der Waals surface area contributed by atoms with Crippen LogP contribution >= 0.6 is 0 Å². The second-order valence-corrected chi connectivity index (χ2v) is 6.63. The fourth-order valence-electron chi connectivity index (χ4n) is 3.36. The molecule has 0 radical (unpaired) electrons. The molecule has 154 valence electrons. The lowest BCUT2D eigenvalue weighted by molar-refractivity contribution is -0.384. The molecule has 3 aromatic carbocycles. The summed E-state index contributed by atoms with van der Waals surface area (Å²) in [4.78, 5) is 49.0. The lowest BCUT2D eigenvalue weighted by Crippen LogP contribution is -2.54. The van der Waals surface area contributed by atoms with Crippen LogP contribution in [0.15, 0.2) is 66.2 Å². The highest BCUT2D eigenvalue weighted by Crippen LogP contribution is 2.31. The van der Waals surface area contributed by atoms with E-state index in [9.17, 15) is 24.5 Å². The normalized spacial score (nSPS) is 15.3. The number of hydrogen-bond acceptors (Lipinski definition) is 6. The number of carbonyl (C=O) groups is 3. The number of barbiturate groups is 1. The SMILES string of the molecule is COc1ccc2ccccc2c1C=C1C(=O)NC(=O)N(c2ccc([N+](=O)[O-])cc2)C1=O. The zero-order valence-corrected chi connectivity index (χ0v) is 16.2. The smallest absolute Gasteiger partial charge is 0.335 e. The number of anilines is 1. The van der Waals surface area contributed by atoms with E-state index < -0.39 is 22.8 Å². The van der Waals surface area contributed by atoms with E-state index in [4.69, 9.17) is 4.74 Å². The molecule has 0 atom stereocenters. The summed E-state index contributed by atoms with van der Waals surface area (Å²) in [5.74, 6) is -1.24. The van der Waals surface area contributed by atoms with Crippen LogP contribution < -0.4 is 15.0 Å². The summed E-state index contributed by atoms with van der Waals surface area (Å²) in [7, 11) is 1.47. The van der Waals surface area contributed by atoms with Gasteiger partial charge in [-0.3, -0.25) is 25.0 Å². The summed E-state index contributed by atoms with van der Waals surface area (Å²) in [5.41, 5.74) is 0.141. The fraction of sp³-hybridized carbons (Fsp3) is 0.0455. The Bertz CT molecular complexity index is 1280. The maximum absolute atomic E-state index is 13.1. The molecule has 1 heterocycles. The quantitative estimate of drug-likeness (QED) is 0.301. The molecule has 1 aliphatic heterocycles. The van der Waals surface area contributed by atoms with Crippen molar-refractivity contribution in [2.24, 2.45) is 0 Å². The Balaban J connectivity index is 1.82. The monoisotopic (exact) mass is 417 g/mol. The number of methoxy groups -OCH3 is 1. The number of nitro groups is 1. The largest absolute Gasteiger partial charge is 0.496 e. The molecular formula is C22H15N3O6. The van der Waals surface area contributed by atoms with Crippen molar-refractivity contribution in [3.63, 3.8) is 0 Å². The van der Waals surface area contributed by atoms with Crippen LogP contribution in [0.1, 0.15) is 5.56 Å². The van der Waals surface area contributed by atoms with Gasteiger partial charge in [0.2, 0.25) is 0 Å². The van der Waals surface area contributed by atoms with Gasteiger partial charge in [0.05, 0.1) is 17.7 Å². The molecule has 1 saturated heterocycles. The molecule has 31 heavy (non-hydrogen) atoms. The number of ether oxygens (including phenoxy) is 1. The van der Waals surface area contributed by atoms with Crippen LogP contribution in [0.3, 0.4) is 0 Å². The Kier molecular flexibility index (Phi) is 4.92. The van der Waals surface area contributed by atoms with Crippen LogP contribution in [0.25, 0.3) is 16.8 Å². The molecule has 0 aliphatic carbocycles. The Hall–Kier alpha value is -4.53. The van der Waals surface area contributed by atoms with Crippen LogP contribution in [-0.4, -0.2) is 29.9 Å². The minimum atomic E-state index is -0.939. The number of imide groups is 2. The van der Waals surface area contributed by atoms with Gasteiger partial charge in [-0.25, -0.2) is 9.69 Å². The molecule has 0 saturated carbocycles. The second kappa shape index (κ2) is 7.71. The van der Waals surface area contributed by atoms with Crippen LogP contribution in [0, 0.1) is 10.1 Å². The molecule has 9 heteroatoms. The van der Waals surface area contributed by atoms with Gasteiger partial charge in [-0.2, -0.15) is 0 Å². The molecule has 0 unspecified atom stereocenters. The summed E-state index contributed by atoms with van der Waals surface area (Å²) < 4.78 is 5.40. The zero-order chi connectivity index (χ0) is 22.1. The number of non-ortho nitro benzene ring substituents is 1. The van der Waals surface area contributed by atoms with E-state index >= 15 is 0 Å². The highest BCUT2D eigenvalue weighted by Gasteiger charge is 2.37. The van der Waals surface area contributed by atoms with Gasteiger partial charge in [0.25, 0.3) is 17.5 Å². The van der Waals surface area contributed by atoms with Gasteiger partial charge in [0, 0.05) is 17.7 Å². The van der Waals surface area contributed by atoms with E-state index in [2.05, 4.69) is 5.32 Å². The lowest BCUT2D eigenvalue weighted by atomic mass is 9.99. The van der Waals surface area contributed by atoms with Gasteiger partial charge in [-0.1, -0.05) is 30.3 Å². The molecule has 1 fully saturated rings. The summed E-state index contributed by atoms with van der Waals surface area (Å²) in [5, 5.41) is 14.6. The Labute approximate surface area is 175 Å². The van der Waals surface area contributed by atoms with Crippen LogP contribution in [0.2, 0.25) is 0 Å². The second-order valence-electron chi connectivity index (χ2n) is 6.63. The average molecular weight is 417 g/mol. The maximum Gasteiger partial charge on any atom is 0.335 e. The van der Waals surface area contributed by atoms with Gasteiger partial charge < -0.3 is 4.74 Å². The molecule has 0 bridgehead atoms. The predicted molar refractivity (Wildman–Crippen MR) is 113 cm³/mol. The van der Waals surface area contributed by atoms with E-state index in [0.29, 0.717) is 11.3 Å². The van der Waals surface area contributed by atoms with Gasteiger partial charge in [0.15, 0.2) is 0 Å². The summed E-state index contributed by atoms with van der Waals surface area (Å²) in [6.45, 7) is 0. The zero-order valence-electron chi connectivity index (χ0n) is 16.2. The van der Waals surface area contributed by atoms with Gasteiger partial charge >= 0.3 is 6.03 Å². The van der Waals surface area contributed by atoms with Gasteiger partial charge in [-0.05, 0) is 35.0 Å². The van der Waals surface area contributed by atoms with Crippen molar-refractivity contribution in [1.82, 2.24) is 5.32 Å². The third-order valence-electron chi connectivity index (χ3n) is 4.86. The summed E-state index contributed by atoms with van der Waals surface area (Å²) >= 11 is 0. The van der Waals surface area contributed by atoms with E-state index in [-0.39, 0.29) is 16.9 Å². The van der Waals surface area contributed by atoms with Gasteiger partial charge in [0.1, 0.15) is 11.3 Å². The molecule has 1 N–H and O–H groups in total. The lowest BCUT2D eigenvalue weighted by Gasteiger charge is -2.26. The van der Waals surface area contributed by atoms with Crippen molar-refractivity contribution in [1.29, 1.82) is 0 Å². The van der Waals surface area contributed by atoms with Crippen molar-refractivity contribution in [3.05, 3.63) is 81.9 Å². The Morgan fingerprint density at radius 2 is 1.71 bits per heavy atom. The third kappa shape index (κ3) is 3.48. The van der Waals surface area contributed by atoms with Crippen molar-refractivity contribution in [2.75, 3.05) is 12.0 Å². The predicted octanol–water partition coefficient (Wildman–Crippen LogP) is 3.42. The number of nitro benzene ring substituents is 1. The number of nitrogens with zero attached hydrogens (tertiary/aromatic N) is 2. The standard InChI is InChI=1S/C22H15N3O6/c1-31-19-11-6-13-4-2-3-5-16(13)17(19)12-18-20(26)23-22(28)24(21(18)27)14-7-9-15(10-8-14)25(29)30/h2-12H,1H3,(H,23,26,28). The molecule has 4 rings (SSSR count). The van der Waals surface area contributed by atoms with Gasteiger partial charge in [-0.15, -0.1) is 0 Å². The molecule has 3 aromatic rings. The number of urea groups is 1. The van der Waals surface area contributed by atoms with E-state index in [1.54, 1.807) is 6.07 Å². The Morgan fingerprint density at radius 3 is 2.39 bits per heavy atom. The molecular weight excluding hydrogens is 402 g/mol. The first-order valence-electron chi connectivity index (χ1n) is 9.12. The fourth-order valence-corrected chi connectivity index (χ4v) is 3.36. The van der Waals surface area contributed by atoms with Crippen LogP contribution in [0.5, 0.6) is 5.75 Å². The van der Waals surface area contributed by atoms with E-state index in [1.165, 1.54) is 37.5 Å². The number of carbonyl (C=O) groups excluding carboxylic acids is 3. The number of benzene rings is 3. The average Bonchev–Trinajstić information content (AvgIpc) is 2.76. The molecule has 9 nitrogen and oxygen atoms in total. The number of amides is 4. The van der Waals surface area contributed by atoms with Crippen LogP contribution in [0.4, 0.5) is 16.2 Å². The summed E-state index contributed by atoms with van der Waals surface area (Å²) in [6, 6.07) is 14.9. The van der Waals surface area contributed by atoms with Crippen LogP contribution in [-0.2, 0) is 9.59 Å². The number of rotatable bonds is 4. The Morgan fingerprint density at radius 1 is 1.00 bits per heavy atom. The highest BCUT2D eigenvalue weighted by molar-refractivity contribution is 6.39. The van der Waals surface area contributed by atoms with Crippen molar-refractivity contribution in [2.45, 2.75) is 0 Å². The molecule has 0 spiro atoms. The van der Waals surface area contributed by atoms with Crippen molar-refractivity contribution >= 4 is 46.1 Å². The molecule has 0 aromatic heterocycles. The maximum atomic E-state index is 13.1. The molecule has 4 amide bonds. The topological polar surface area (TPSA) is 119 Å². The number of fused-ring (bicyclic) bond motifs is 1. The first-order valence-corrected chi connectivity index (χ1v) is 9.12. The van der Waals surface area contributed by atoms with E-state index in [0.717, 1.165) is 15.7 Å². The van der Waals surface area contributed by atoms with Crippen molar-refractivity contribution < 1.29 is 24.0 Å². The summed E-state index contributed by atoms with van der Waals surface area (Å²) in [6.07, 6.45) is 1.38. The first kappa shape index (κ1) is 19.8. The minimum Gasteiger partial charge on any atom is -0.496 e. The number of nitrogens with one attached hydrogen (secondary N) is 1. The highest BCUT2D eigenvalue weighted by atomic mass is 16.6. The number of hydrogen-bond donors (Lipinski definition) is 1. The molecule has 1 aliphatic rings. The first-order chi connectivity index (χ1) is 14.9. The van der Waals surface area contributed by atoms with E-state index in [1.807, 2.05) is 30.3 Å². The van der Waals surface area contributed by atoms with Crippen molar-refractivity contribution in [3.8, 4) is 5.75 Å². The third-order valence-corrected chi connectivity index (χ3v) is 4.86.